The molecule has 0 saturated heterocycles. The second kappa shape index (κ2) is 9.37. The maximum absolute atomic E-state index is 8.75. The first-order valence-electron chi connectivity index (χ1n) is 7.96. The minimum absolute atomic E-state index is 0.615. The molecule has 23 heavy (non-hydrogen) atoms. The van der Waals surface area contributed by atoms with Gasteiger partial charge < -0.3 is 4.74 Å². The molecule has 118 valence electrons. The van der Waals surface area contributed by atoms with Crippen molar-refractivity contribution in [3.05, 3.63) is 54.1 Å². The number of rotatable bonds is 8. The van der Waals surface area contributed by atoms with Crippen LogP contribution in [0.1, 0.15) is 38.2 Å². The van der Waals surface area contributed by atoms with Gasteiger partial charge in [-0.2, -0.15) is 15.5 Å². The molecule has 0 aliphatic carbocycles. The van der Waals surface area contributed by atoms with Crippen LogP contribution in [0.2, 0.25) is 0 Å². The van der Waals surface area contributed by atoms with Crippen molar-refractivity contribution < 1.29 is 4.74 Å². The fourth-order valence-electron chi connectivity index (χ4n) is 2.05. The van der Waals surface area contributed by atoms with Gasteiger partial charge in [0.05, 0.1) is 29.6 Å². The van der Waals surface area contributed by atoms with Crippen LogP contribution in [0.5, 0.6) is 5.75 Å². The SMILES string of the molecule is CCCCCCOc1ccc(N=Nc2ccc(C#N)cc2)cc1. The van der Waals surface area contributed by atoms with E-state index in [9.17, 15) is 0 Å². The summed E-state index contributed by atoms with van der Waals surface area (Å²) in [6.07, 6.45) is 4.80. The Kier molecular flexibility index (Phi) is 6.80. The zero-order valence-corrected chi connectivity index (χ0v) is 13.4. The van der Waals surface area contributed by atoms with E-state index >= 15 is 0 Å². The number of unbranched alkanes of at least 4 members (excludes halogenated alkanes) is 3. The molecule has 2 rings (SSSR count). The van der Waals surface area contributed by atoms with Crippen LogP contribution < -0.4 is 4.74 Å². The van der Waals surface area contributed by atoms with Gasteiger partial charge >= 0.3 is 0 Å². The zero-order chi connectivity index (χ0) is 16.3. The molecule has 0 heterocycles. The van der Waals surface area contributed by atoms with Crippen LogP contribution in [0.15, 0.2) is 58.8 Å². The number of nitriles is 1. The summed E-state index contributed by atoms with van der Waals surface area (Å²) in [5.74, 6) is 0.860. The molecular formula is C19H21N3O. The van der Waals surface area contributed by atoms with E-state index in [-0.39, 0.29) is 0 Å². The van der Waals surface area contributed by atoms with Crippen molar-refractivity contribution in [3.63, 3.8) is 0 Å². The summed E-state index contributed by atoms with van der Waals surface area (Å²) in [4.78, 5) is 0. The van der Waals surface area contributed by atoms with E-state index in [4.69, 9.17) is 10.00 Å². The normalized spacial score (nSPS) is 10.6. The van der Waals surface area contributed by atoms with Gasteiger partial charge in [0, 0.05) is 0 Å². The van der Waals surface area contributed by atoms with Crippen molar-refractivity contribution in [2.45, 2.75) is 32.6 Å². The first kappa shape index (κ1) is 16.7. The summed E-state index contributed by atoms with van der Waals surface area (Å²) in [7, 11) is 0. The standard InChI is InChI=1S/C19H21N3O/c1-2-3-4-5-14-23-19-12-10-18(11-13-19)22-21-17-8-6-16(15-20)7-9-17/h6-13H,2-5,14H2,1H3. The molecule has 2 aromatic rings. The van der Waals surface area contributed by atoms with Gasteiger partial charge in [-0.05, 0) is 55.0 Å². The van der Waals surface area contributed by atoms with E-state index in [0.29, 0.717) is 5.56 Å². The molecule has 2 aromatic carbocycles. The number of nitrogens with zero attached hydrogens (tertiary/aromatic N) is 3. The Morgan fingerprint density at radius 2 is 1.48 bits per heavy atom. The van der Waals surface area contributed by atoms with Gasteiger partial charge in [0.2, 0.25) is 0 Å². The van der Waals surface area contributed by atoms with E-state index < -0.39 is 0 Å². The number of hydrogen-bond donors (Lipinski definition) is 0. The molecule has 4 heteroatoms. The van der Waals surface area contributed by atoms with Crippen LogP contribution in [0.3, 0.4) is 0 Å². The van der Waals surface area contributed by atoms with E-state index in [1.54, 1.807) is 24.3 Å². The van der Waals surface area contributed by atoms with Gasteiger partial charge in [-0.3, -0.25) is 0 Å². The lowest BCUT2D eigenvalue weighted by Crippen LogP contribution is -1.96. The summed E-state index contributed by atoms with van der Waals surface area (Å²) in [5, 5.41) is 17.1. The molecule has 0 radical (unpaired) electrons. The molecule has 0 unspecified atom stereocenters. The maximum atomic E-state index is 8.75. The molecule has 0 spiro atoms. The fourth-order valence-corrected chi connectivity index (χ4v) is 2.05. The number of hydrogen-bond acceptors (Lipinski definition) is 4. The second-order valence-electron chi connectivity index (χ2n) is 5.26. The van der Waals surface area contributed by atoms with Crippen LogP contribution in [0.4, 0.5) is 11.4 Å². The average Bonchev–Trinajstić information content (AvgIpc) is 2.61. The minimum Gasteiger partial charge on any atom is -0.494 e. The highest BCUT2D eigenvalue weighted by molar-refractivity contribution is 5.44. The van der Waals surface area contributed by atoms with Crippen molar-refractivity contribution in [3.8, 4) is 11.8 Å². The quantitative estimate of drug-likeness (QED) is 0.448. The molecule has 0 aromatic heterocycles. The third-order valence-corrected chi connectivity index (χ3v) is 3.38. The maximum Gasteiger partial charge on any atom is 0.119 e. The third-order valence-electron chi connectivity index (χ3n) is 3.38. The summed E-state index contributed by atoms with van der Waals surface area (Å²) in [6, 6.07) is 16.7. The Hall–Kier alpha value is -2.67. The highest BCUT2D eigenvalue weighted by Gasteiger charge is 1.96. The lowest BCUT2D eigenvalue weighted by Gasteiger charge is -2.05. The Morgan fingerprint density at radius 3 is 2.04 bits per heavy atom. The predicted molar refractivity (Wildman–Crippen MR) is 91.4 cm³/mol. The predicted octanol–water partition coefficient (Wildman–Crippen LogP) is 5.93. The zero-order valence-electron chi connectivity index (χ0n) is 13.4. The van der Waals surface area contributed by atoms with Gasteiger partial charge in [-0.15, -0.1) is 0 Å². The molecule has 0 N–H and O–H groups in total. The van der Waals surface area contributed by atoms with Gasteiger partial charge in [-0.1, -0.05) is 26.2 Å². The van der Waals surface area contributed by atoms with Gasteiger partial charge in [-0.25, -0.2) is 0 Å². The van der Waals surface area contributed by atoms with Crippen molar-refractivity contribution >= 4 is 11.4 Å². The first-order chi connectivity index (χ1) is 11.3. The fraction of sp³-hybridized carbons (Fsp3) is 0.316. The lowest BCUT2D eigenvalue weighted by molar-refractivity contribution is 0.305. The Morgan fingerprint density at radius 1 is 0.870 bits per heavy atom. The van der Waals surface area contributed by atoms with Crippen LogP contribution in [0.25, 0.3) is 0 Å². The largest absolute Gasteiger partial charge is 0.494 e. The molecule has 0 saturated carbocycles. The molecule has 0 aliphatic heterocycles. The Labute approximate surface area is 137 Å². The average molecular weight is 307 g/mol. The summed E-state index contributed by atoms with van der Waals surface area (Å²) < 4.78 is 5.69. The van der Waals surface area contributed by atoms with E-state index in [2.05, 4.69) is 23.2 Å². The molecule has 0 bridgehead atoms. The molecule has 0 atom stereocenters. The summed E-state index contributed by atoms with van der Waals surface area (Å²) >= 11 is 0. The Bertz CT molecular complexity index is 655. The van der Waals surface area contributed by atoms with Crippen molar-refractivity contribution in [1.29, 1.82) is 5.26 Å². The van der Waals surface area contributed by atoms with Crippen molar-refractivity contribution in [2.24, 2.45) is 10.2 Å². The molecule has 0 amide bonds. The monoisotopic (exact) mass is 307 g/mol. The van der Waals surface area contributed by atoms with Crippen LogP contribution >= 0.6 is 0 Å². The van der Waals surface area contributed by atoms with E-state index in [1.807, 2.05) is 24.3 Å². The molecule has 0 aliphatic rings. The van der Waals surface area contributed by atoms with Crippen LogP contribution in [0, 0.1) is 11.3 Å². The van der Waals surface area contributed by atoms with E-state index in [0.717, 1.165) is 30.2 Å². The summed E-state index contributed by atoms with van der Waals surface area (Å²) in [5.41, 5.74) is 2.11. The Balaban J connectivity index is 1.84. The molecule has 4 nitrogen and oxygen atoms in total. The van der Waals surface area contributed by atoms with Gasteiger partial charge in [0.1, 0.15) is 5.75 Å². The minimum atomic E-state index is 0.615. The van der Waals surface area contributed by atoms with Crippen LogP contribution in [-0.4, -0.2) is 6.61 Å². The highest BCUT2D eigenvalue weighted by Crippen LogP contribution is 2.21. The third kappa shape index (κ3) is 5.91. The van der Waals surface area contributed by atoms with Gasteiger partial charge in [0.25, 0.3) is 0 Å². The number of benzene rings is 2. The van der Waals surface area contributed by atoms with Crippen molar-refractivity contribution in [1.82, 2.24) is 0 Å². The van der Waals surface area contributed by atoms with Crippen LogP contribution in [-0.2, 0) is 0 Å². The topological polar surface area (TPSA) is 57.7 Å². The van der Waals surface area contributed by atoms with E-state index in [1.165, 1.54) is 19.3 Å². The highest BCUT2D eigenvalue weighted by atomic mass is 16.5. The summed E-state index contributed by atoms with van der Waals surface area (Å²) in [6.45, 7) is 2.96. The first-order valence-corrected chi connectivity index (χ1v) is 7.96. The lowest BCUT2D eigenvalue weighted by atomic mass is 10.2. The second-order valence-corrected chi connectivity index (χ2v) is 5.26. The van der Waals surface area contributed by atoms with Gasteiger partial charge in [0.15, 0.2) is 0 Å². The number of azo groups is 1. The molecule has 0 fully saturated rings. The number of ether oxygens (including phenoxy) is 1. The molecular weight excluding hydrogens is 286 g/mol. The van der Waals surface area contributed by atoms with Crippen molar-refractivity contribution in [2.75, 3.05) is 6.61 Å². The smallest absolute Gasteiger partial charge is 0.119 e.